The highest BCUT2D eigenvalue weighted by molar-refractivity contribution is 9.10. The third kappa shape index (κ3) is 4.33. The zero-order valence-corrected chi connectivity index (χ0v) is 11.1. The van der Waals surface area contributed by atoms with E-state index in [1.807, 2.05) is 7.05 Å². The molecule has 3 N–H and O–H groups in total. The molecule has 0 aliphatic heterocycles. The van der Waals surface area contributed by atoms with Crippen LogP contribution in [-0.4, -0.2) is 12.6 Å². The average molecular weight is 271 g/mol. The summed E-state index contributed by atoms with van der Waals surface area (Å²) in [4.78, 5) is 0. The van der Waals surface area contributed by atoms with E-state index in [4.69, 9.17) is 5.73 Å². The number of hydrogen-bond acceptors (Lipinski definition) is 2. The molecular formula is C12H19BrN2. The highest BCUT2D eigenvalue weighted by Gasteiger charge is 2.18. The van der Waals surface area contributed by atoms with E-state index in [-0.39, 0.29) is 5.54 Å². The van der Waals surface area contributed by atoms with Gasteiger partial charge in [-0.15, -0.1) is 0 Å². The lowest BCUT2D eigenvalue weighted by molar-refractivity contribution is 0.396. The van der Waals surface area contributed by atoms with Crippen molar-refractivity contribution in [2.24, 2.45) is 5.73 Å². The van der Waals surface area contributed by atoms with Crippen molar-refractivity contribution >= 4 is 15.9 Å². The molecule has 0 spiro atoms. The fourth-order valence-electron chi connectivity index (χ4n) is 1.61. The number of nitrogens with one attached hydrogen (secondary N) is 1. The monoisotopic (exact) mass is 270 g/mol. The number of benzene rings is 1. The Hall–Kier alpha value is -0.380. The second-order valence-electron chi connectivity index (χ2n) is 4.59. The molecule has 0 amide bonds. The Morgan fingerprint density at radius 3 is 2.27 bits per heavy atom. The molecule has 15 heavy (non-hydrogen) atoms. The minimum Gasteiger partial charge on any atom is -0.325 e. The van der Waals surface area contributed by atoms with Crippen LogP contribution in [0.25, 0.3) is 0 Å². The van der Waals surface area contributed by atoms with Crippen LogP contribution in [0.3, 0.4) is 0 Å². The Morgan fingerprint density at radius 1 is 1.33 bits per heavy atom. The summed E-state index contributed by atoms with van der Waals surface area (Å²) in [6.45, 7) is 4.10. The van der Waals surface area contributed by atoms with E-state index in [9.17, 15) is 0 Å². The molecule has 0 aliphatic rings. The fourth-order valence-corrected chi connectivity index (χ4v) is 1.87. The van der Waals surface area contributed by atoms with Crippen LogP contribution in [0.5, 0.6) is 0 Å². The molecule has 0 radical (unpaired) electrons. The molecule has 0 bridgehead atoms. The number of hydrogen-bond donors (Lipinski definition) is 2. The van der Waals surface area contributed by atoms with Gasteiger partial charge in [0.2, 0.25) is 0 Å². The molecule has 0 fully saturated rings. The molecule has 0 saturated heterocycles. The summed E-state index contributed by atoms with van der Waals surface area (Å²) < 4.78 is 1.10. The van der Waals surface area contributed by atoms with Crippen molar-refractivity contribution in [1.29, 1.82) is 0 Å². The topological polar surface area (TPSA) is 38.0 Å². The van der Waals surface area contributed by atoms with Crippen molar-refractivity contribution in [3.63, 3.8) is 0 Å². The Labute approximate surface area is 100 Å². The molecule has 3 heteroatoms. The average Bonchev–Trinajstić information content (AvgIpc) is 2.14. The maximum absolute atomic E-state index is 6.03. The summed E-state index contributed by atoms with van der Waals surface area (Å²) in [6, 6.07) is 8.68. The zero-order chi connectivity index (χ0) is 11.5. The highest BCUT2D eigenvalue weighted by Crippen LogP contribution is 2.23. The van der Waals surface area contributed by atoms with Crippen LogP contribution >= 0.6 is 15.9 Å². The van der Waals surface area contributed by atoms with Crippen molar-refractivity contribution in [2.45, 2.75) is 31.8 Å². The van der Waals surface area contributed by atoms with E-state index in [0.29, 0.717) is 6.04 Å². The molecule has 1 atom stereocenters. The summed E-state index contributed by atoms with van der Waals surface area (Å²) in [7, 11) is 1.97. The smallest absolute Gasteiger partial charge is 0.0334 e. The number of halogens is 1. The summed E-state index contributed by atoms with van der Waals surface area (Å²) in [5.41, 5.74) is 7.15. The molecule has 0 saturated carbocycles. The van der Waals surface area contributed by atoms with Gasteiger partial charge in [0.15, 0.2) is 0 Å². The van der Waals surface area contributed by atoms with Gasteiger partial charge >= 0.3 is 0 Å². The highest BCUT2D eigenvalue weighted by atomic mass is 79.9. The number of nitrogens with two attached hydrogens (primary N) is 1. The first-order valence-corrected chi connectivity index (χ1v) is 5.93. The molecule has 0 aromatic heterocycles. The summed E-state index contributed by atoms with van der Waals surface area (Å²) >= 11 is 3.43. The Balaban J connectivity index is 2.79. The molecular weight excluding hydrogens is 252 g/mol. The van der Waals surface area contributed by atoms with Crippen LogP contribution in [0.2, 0.25) is 0 Å². The standard InChI is InChI=1S/C12H19BrN2/c1-12(2,14)8-11(15-3)9-4-6-10(13)7-5-9/h4-7,11,15H,8,14H2,1-3H3. The third-order valence-corrected chi connectivity index (χ3v) is 2.88. The second-order valence-corrected chi connectivity index (χ2v) is 5.50. The van der Waals surface area contributed by atoms with Gasteiger partial charge in [-0.2, -0.15) is 0 Å². The molecule has 1 aromatic rings. The predicted octanol–water partition coefficient (Wildman–Crippen LogP) is 2.84. The Kier molecular flexibility index (Phi) is 4.32. The van der Waals surface area contributed by atoms with Crippen LogP contribution in [0.15, 0.2) is 28.7 Å². The van der Waals surface area contributed by atoms with Crippen molar-refractivity contribution in [2.75, 3.05) is 7.05 Å². The van der Waals surface area contributed by atoms with Gasteiger partial charge in [-0.1, -0.05) is 28.1 Å². The van der Waals surface area contributed by atoms with Crippen LogP contribution in [0.1, 0.15) is 31.9 Å². The van der Waals surface area contributed by atoms with Crippen LogP contribution in [0, 0.1) is 0 Å². The molecule has 0 heterocycles. The third-order valence-electron chi connectivity index (χ3n) is 2.35. The maximum atomic E-state index is 6.03. The lowest BCUT2D eigenvalue weighted by atomic mass is 9.92. The summed E-state index contributed by atoms with van der Waals surface area (Å²) in [5.74, 6) is 0. The van der Waals surface area contributed by atoms with E-state index in [1.165, 1.54) is 5.56 Å². The van der Waals surface area contributed by atoms with Gasteiger partial charge in [-0.05, 0) is 45.0 Å². The predicted molar refractivity (Wildman–Crippen MR) is 68.8 cm³/mol. The minimum absolute atomic E-state index is 0.152. The molecule has 1 rings (SSSR count). The molecule has 0 aliphatic carbocycles. The van der Waals surface area contributed by atoms with Gasteiger partial charge in [-0.25, -0.2) is 0 Å². The molecule has 1 aromatic carbocycles. The molecule has 2 nitrogen and oxygen atoms in total. The van der Waals surface area contributed by atoms with E-state index in [0.717, 1.165) is 10.9 Å². The zero-order valence-electron chi connectivity index (χ0n) is 9.55. The van der Waals surface area contributed by atoms with Crippen LogP contribution in [0.4, 0.5) is 0 Å². The first kappa shape index (κ1) is 12.7. The first-order valence-electron chi connectivity index (χ1n) is 5.14. The van der Waals surface area contributed by atoms with E-state index in [1.54, 1.807) is 0 Å². The van der Waals surface area contributed by atoms with E-state index >= 15 is 0 Å². The van der Waals surface area contributed by atoms with E-state index in [2.05, 4.69) is 59.4 Å². The second kappa shape index (κ2) is 5.10. The van der Waals surface area contributed by atoms with Crippen molar-refractivity contribution in [3.05, 3.63) is 34.3 Å². The Bertz CT molecular complexity index is 300. The maximum Gasteiger partial charge on any atom is 0.0334 e. The van der Waals surface area contributed by atoms with Gasteiger partial charge in [0.1, 0.15) is 0 Å². The van der Waals surface area contributed by atoms with Gasteiger partial charge in [0, 0.05) is 16.1 Å². The summed E-state index contributed by atoms with van der Waals surface area (Å²) in [5, 5.41) is 3.30. The van der Waals surface area contributed by atoms with Gasteiger partial charge in [-0.3, -0.25) is 0 Å². The molecule has 1 unspecified atom stereocenters. The lowest BCUT2D eigenvalue weighted by Crippen LogP contribution is -2.36. The van der Waals surface area contributed by atoms with Crippen LogP contribution in [-0.2, 0) is 0 Å². The first-order chi connectivity index (χ1) is 6.92. The van der Waals surface area contributed by atoms with E-state index < -0.39 is 0 Å². The Morgan fingerprint density at radius 2 is 1.87 bits per heavy atom. The SMILES string of the molecule is CNC(CC(C)(C)N)c1ccc(Br)cc1. The quantitative estimate of drug-likeness (QED) is 0.883. The largest absolute Gasteiger partial charge is 0.325 e. The summed E-state index contributed by atoms with van der Waals surface area (Å²) in [6.07, 6.45) is 0.922. The van der Waals surface area contributed by atoms with Crippen molar-refractivity contribution in [1.82, 2.24) is 5.32 Å². The normalized spacial score (nSPS) is 13.9. The van der Waals surface area contributed by atoms with Crippen LogP contribution < -0.4 is 11.1 Å². The number of rotatable bonds is 4. The van der Waals surface area contributed by atoms with Gasteiger partial charge < -0.3 is 11.1 Å². The van der Waals surface area contributed by atoms with Gasteiger partial charge in [0.05, 0.1) is 0 Å². The van der Waals surface area contributed by atoms with Gasteiger partial charge in [0.25, 0.3) is 0 Å². The van der Waals surface area contributed by atoms with Crippen molar-refractivity contribution in [3.8, 4) is 0 Å². The minimum atomic E-state index is -0.152. The molecule has 84 valence electrons. The fraction of sp³-hybridized carbons (Fsp3) is 0.500. The lowest BCUT2D eigenvalue weighted by Gasteiger charge is -2.26. The van der Waals surface area contributed by atoms with Crippen molar-refractivity contribution < 1.29 is 0 Å².